The molecule has 0 aliphatic heterocycles. The summed E-state index contributed by atoms with van der Waals surface area (Å²) in [5.74, 6) is 0. The second kappa shape index (κ2) is 7.89. The van der Waals surface area contributed by atoms with E-state index in [2.05, 4.69) is 22.0 Å². The molecule has 0 aromatic heterocycles. The predicted molar refractivity (Wildman–Crippen MR) is 64.2 cm³/mol. The molecule has 0 aliphatic rings. The van der Waals surface area contributed by atoms with Crippen molar-refractivity contribution in [3.05, 3.63) is 0 Å². The fourth-order valence-electron chi connectivity index (χ4n) is 1.79. The number of nitrogens with zero attached hydrogens (tertiary/aromatic N) is 2. The molecule has 0 aromatic carbocycles. The van der Waals surface area contributed by atoms with Gasteiger partial charge in [-0.15, -0.1) is 0 Å². The van der Waals surface area contributed by atoms with Gasteiger partial charge in [-0.2, -0.15) is 13.2 Å². The first-order valence-corrected chi connectivity index (χ1v) is 5.92. The van der Waals surface area contributed by atoms with Crippen LogP contribution in [0, 0.1) is 0 Å². The molecule has 104 valence electrons. The van der Waals surface area contributed by atoms with Crippen molar-refractivity contribution < 1.29 is 13.2 Å². The van der Waals surface area contributed by atoms with E-state index in [9.17, 15) is 13.2 Å². The molecule has 1 N–H and O–H groups in total. The molecule has 0 rings (SSSR count). The molecule has 0 saturated carbocycles. The molecule has 0 aromatic rings. The maximum absolute atomic E-state index is 11.9. The first-order valence-electron chi connectivity index (χ1n) is 5.92. The molecular formula is C11H24F3N3. The Morgan fingerprint density at radius 2 is 1.82 bits per heavy atom. The highest BCUT2D eigenvalue weighted by Gasteiger charge is 2.26. The number of alkyl halides is 3. The minimum Gasteiger partial charge on any atom is -0.308 e. The predicted octanol–water partition coefficient (Wildman–Crippen LogP) is 1.41. The second-order valence-corrected chi connectivity index (χ2v) is 4.53. The molecule has 6 heteroatoms. The summed E-state index contributed by atoms with van der Waals surface area (Å²) in [7, 11) is 3.98. The van der Waals surface area contributed by atoms with Crippen LogP contribution in [0.25, 0.3) is 0 Å². The van der Waals surface area contributed by atoms with E-state index in [-0.39, 0.29) is 0 Å². The Kier molecular flexibility index (Phi) is 7.74. The average molecular weight is 255 g/mol. The molecule has 0 saturated heterocycles. The Bertz CT molecular complexity index is 195. The molecule has 0 bridgehead atoms. The lowest BCUT2D eigenvalue weighted by atomic mass is 10.2. The van der Waals surface area contributed by atoms with Gasteiger partial charge in [0.05, 0.1) is 6.54 Å². The van der Waals surface area contributed by atoms with Gasteiger partial charge in [-0.05, 0) is 27.6 Å². The third-order valence-electron chi connectivity index (χ3n) is 2.56. The molecule has 0 amide bonds. The number of hydrogen-bond acceptors (Lipinski definition) is 3. The van der Waals surface area contributed by atoms with E-state index >= 15 is 0 Å². The van der Waals surface area contributed by atoms with Gasteiger partial charge in [0.25, 0.3) is 0 Å². The van der Waals surface area contributed by atoms with E-state index in [1.807, 2.05) is 21.0 Å². The molecule has 1 unspecified atom stereocenters. The van der Waals surface area contributed by atoms with Crippen molar-refractivity contribution in [2.45, 2.75) is 26.1 Å². The number of nitrogens with one attached hydrogen (secondary N) is 1. The standard InChI is InChI=1S/C11H24F3N3/c1-5-17(10(2)8-16(3)4)7-6-15-9-11(12,13)14/h10,15H,5-9H2,1-4H3. The van der Waals surface area contributed by atoms with Crippen LogP contribution < -0.4 is 5.32 Å². The van der Waals surface area contributed by atoms with Crippen LogP contribution in [0.5, 0.6) is 0 Å². The highest BCUT2D eigenvalue weighted by Crippen LogP contribution is 2.11. The zero-order chi connectivity index (χ0) is 13.5. The molecule has 0 aliphatic carbocycles. The van der Waals surface area contributed by atoms with E-state index in [1.165, 1.54) is 0 Å². The molecule has 0 radical (unpaired) electrons. The van der Waals surface area contributed by atoms with E-state index in [0.717, 1.165) is 13.1 Å². The Morgan fingerprint density at radius 3 is 2.24 bits per heavy atom. The van der Waals surface area contributed by atoms with Gasteiger partial charge in [-0.3, -0.25) is 4.90 Å². The van der Waals surface area contributed by atoms with Crippen LogP contribution in [-0.2, 0) is 0 Å². The normalized spacial score (nSPS) is 14.6. The first kappa shape index (κ1) is 16.7. The van der Waals surface area contributed by atoms with Crippen LogP contribution in [0.1, 0.15) is 13.8 Å². The van der Waals surface area contributed by atoms with Crippen LogP contribution in [0.3, 0.4) is 0 Å². The Balaban J connectivity index is 3.82. The van der Waals surface area contributed by atoms with Crippen LogP contribution >= 0.6 is 0 Å². The van der Waals surface area contributed by atoms with Crippen molar-refractivity contribution >= 4 is 0 Å². The number of hydrogen-bond donors (Lipinski definition) is 1. The monoisotopic (exact) mass is 255 g/mol. The summed E-state index contributed by atoms with van der Waals surface area (Å²) < 4.78 is 35.7. The number of halogens is 3. The Morgan fingerprint density at radius 1 is 1.24 bits per heavy atom. The lowest BCUT2D eigenvalue weighted by molar-refractivity contribution is -0.124. The fourth-order valence-corrected chi connectivity index (χ4v) is 1.79. The lowest BCUT2D eigenvalue weighted by Gasteiger charge is -2.30. The van der Waals surface area contributed by atoms with Crippen LogP contribution in [0.2, 0.25) is 0 Å². The van der Waals surface area contributed by atoms with Crippen molar-refractivity contribution in [2.75, 3.05) is 46.8 Å². The quantitative estimate of drug-likeness (QED) is 0.662. The van der Waals surface area contributed by atoms with E-state index in [1.54, 1.807) is 0 Å². The van der Waals surface area contributed by atoms with Crippen molar-refractivity contribution in [3.63, 3.8) is 0 Å². The van der Waals surface area contributed by atoms with E-state index < -0.39 is 12.7 Å². The topological polar surface area (TPSA) is 18.5 Å². The zero-order valence-corrected chi connectivity index (χ0v) is 11.1. The van der Waals surface area contributed by atoms with Gasteiger partial charge in [-0.1, -0.05) is 6.92 Å². The summed E-state index contributed by atoms with van der Waals surface area (Å²) in [6.07, 6.45) is -4.12. The molecule has 3 nitrogen and oxygen atoms in total. The summed E-state index contributed by atoms with van der Waals surface area (Å²) in [5, 5.41) is 2.42. The van der Waals surface area contributed by atoms with E-state index in [0.29, 0.717) is 19.1 Å². The Hall–Kier alpha value is -0.330. The van der Waals surface area contributed by atoms with Crippen molar-refractivity contribution in [3.8, 4) is 0 Å². The summed E-state index contributed by atoms with van der Waals surface area (Å²) >= 11 is 0. The van der Waals surface area contributed by atoms with Gasteiger partial charge in [-0.25, -0.2) is 0 Å². The van der Waals surface area contributed by atoms with Crippen LogP contribution in [0.15, 0.2) is 0 Å². The fraction of sp³-hybridized carbons (Fsp3) is 1.00. The molecular weight excluding hydrogens is 231 g/mol. The van der Waals surface area contributed by atoms with Gasteiger partial charge >= 0.3 is 6.18 Å². The second-order valence-electron chi connectivity index (χ2n) is 4.53. The van der Waals surface area contributed by atoms with Gasteiger partial charge in [0.1, 0.15) is 0 Å². The van der Waals surface area contributed by atoms with Crippen molar-refractivity contribution in [1.29, 1.82) is 0 Å². The highest BCUT2D eigenvalue weighted by atomic mass is 19.4. The smallest absolute Gasteiger partial charge is 0.308 e. The largest absolute Gasteiger partial charge is 0.401 e. The maximum atomic E-state index is 11.9. The average Bonchev–Trinajstić information content (AvgIpc) is 2.14. The summed E-state index contributed by atoms with van der Waals surface area (Å²) in [6, 6.07) is 0.350. The minimum atomic E-state index is -4.12. The first-order chi connectivity index (χ1) is 7.76. The lowest BCUT2D eigenvalue weighted by Crippen LogP contribution is -2.44. The van der Waals surface area contributed by atoms with Gasteiger partial charge in [0.15, 0.2) is 0 Å². The SMILES string of the molecule is CCN(CCNCC(F)(F)F)C(C)CN(C)C. The third kappa shape index (κ3) is 9.38. The summed E-state index contributed by atoms with van der Waals surface area (Å²) in [4.78, 5) is 4.25. The molecule has 0 fully saturated rings. The van der Waals surface area contributed by atoms with Crippen LogP contribution in [-0.4, -0.2) is 68.8 Å². The zero-order valence-electron chi connectivity index (χ0n) is 11.1. The molecule has 0 spiro atoms. The highest BCUT2D eigenvalue weighted by molar-refractivity contribution is 4.69. The minimum absolute atomic E-state index is 0.350. The Labute approximate surface area is 102 Å². The third-order valence-corrected chi connectivity index (χ3v) is 2.56. The molecule has 0 heterocycles. The number of likely N-dealkylation sites (N-methyl/N-ethyl adjacent to an activating group) is 2. The van der Waals surface area contributed by atoms with Gasteiger partial charge < -0.3 is 10.2 Å². The molecule has 1 atom stereocenters. The van der Waals surface area contributed by atoms with Crippen molar-refractivity contribution in [2.24, 2.45) is 0 Å². The van der Waals surface area contributed by atoms with Gasteiger partial charge in [0, 0.05) is 25.7 Å². The summed E-state index contributed by atoms with van der Waals surface area (Å²) in [6.45, 7) is 5.97. The molecule has 17 heavy (non-hydrogen) atoms. The van der Waals surface area contributed by atoms with Crippen molar-refractivity contribution in [1.82, 2.24) is 15.1 Å². The van der Waals surface area contributed by atoms with Gasteiger partial charge in [0.2, 0.25) is 0 Å². The van der Waals surface area contributed by atoms with E-state index in [4.69, 9.17) is 0 Å². The number of rotatable bonds is 8. The van der Waals surface area contributed by atoms with Crippen LogP contribution in [0.4, 0.5) is 13.2 Å². The summed E-state index contributed by atoms with van der Waals surface area (Å²) in [5.41, 5.74) is 0. The maximum Gasteiger partial charge on any atom is 0.401 e.